The van der Waals surface area contributed by atoms with Crippen LogP contribution in [-0.2, 0) is 23.9 Å². The van der Waals surface area contributed by atoms with Crippen molar-refractivity contribution >= 4 is 30.4 Å². The van der Waals surface area contributed by atoms with Gasteiger partial charge in [-0.05, 0) is 55.4 Å². The lowest BCUT2D eigenvalue weighted by atomic mass is 9.48. The van der Waals surface area contributed by atoms with Gasteiger partial charge in [0.25, 0.3) is 0 Å². The van der Waals surface area contributed by atoms with E-state index in [0.717, 1.165) is 31.3 Å². The lowest BCUT2D eigenvalue weighted by Crippen LogP contribution is -2.53. The summed E-state index contributed by atoms with van der Waals surface area (Å²) < 4.78 is 5.48. The first kappa shape index (κ1) is 26.1. The first-order valence-electron chi connectivity index (χ1n) is 12.0. The van der Waals surface area contributed by atoms with Gasteiger partial charge in [0.2, 0.25) is 0 Å². The molecule has 4 unspecified atom stereocenters. The number of fused-ring (bicyclic) bond motifs is 5. The molecule has 4 aliphatic rings. The number of alkyl carbamates (subject to hydrolysis) is 1. The quantitative estimate of drug-likeness (QED) is 0.512. The Morgan fingerprint density at radius 3 is 2.47 bits per heavy atom. The number of carboxylic acid groups (broad SMARTS) is 1. The third-order valence-electron chi connectivity index (χ3n) is 8.80. The zero-order valence-corrected chi connectivity index (χ0v) is 19.9. The van der Waals surface area contributed by atoms with Gasteiger partial charge in [-0.2, -0.15) is 0 Å². The molecule has 0 aromatic carbocycles. The molecule has 0 bridgehead atoms. The Morgan fingerprint density at radius 2 is 1.79 bits per heavy atom. The van der Waals surface area contributed by atoms with Crippen molar-refractivity contribution in [3.05, 3.63) is 11.6 Å². The first-order valence-corrected chi connectivity index (χ1v) is 12.0. The van der Waals surface area contributed by atoms with E-state index in [0.29, 0.717) is 25.0 Å². The lowest BCUT2D eigenvalue weighted by molar-refractivity contribution is -0.140. The van der Waals surface area contributed by atoms with E-state index in [9.17, 15) is 24.3 Å². The highest BCUT2D eigenvalue weighted by atomic mass is 16.6. The summed E-state index contributed by atoms with van der Waals surface area (Å²) in [5.41, 5.74) is 0.522. The molecule has 4 aliphatic carbocycles. The highest BCUT2D eigenvalue weighted by molar-refractivity contribution is 5.96. The molecule has 0 aromatic heterocycles. The smallest absolute Gasteiger partial charge is 0.409 e. The van der Waals surface area contributed by atoms with E-state index in [1.54, 1.807) is 6.08 Å². The Labute approximate surface area is 199 Å². The van der Waals surface area contributed by atoms with E-state index in [1.165, 1.54) is 0 Å². The Kier molecular flexibility index (Phi) is 7.65. The Morgan fingerprint density at radius 1 is 1.15 bits per heavy atom. The number of carboxylic acids is 1. The van der Waals surface area contributed by atoms with Crippen LogP contribution in [0.25, 0.3) is 0 Å². The van der Waals surface area contributed by atoms with Crippen molar-refractivity contribution in [1.29, 1.82) is 0 Å². The van der Waals surface area contributed by atoms with Crippen LogP contribution in [0.15, 0.2) is 11.6 Å². The second-order valence-electron chi connectivity index (χ2n) is 10.5. The van der Waals surface area contributed by atoms with Crippen molar-refractivity contribution in [2.24, 2.45) is 28.6 Å². The van der Waals surface area contributed by atoms with Crippen molar-refractivity contribution in [2.45, 2.75) is 84.0 Å². The maximum Gasteiger partial charge on any atom is 0.409 e. The fourth-order valence-corrected chi connectivity index (χ4v) is 6.90. The fraction of sp³-hybridized carbons (Fsp3) is 0.720. The predicted octanol–water partition coefficient (Wildman–Crippen LogP) is 2.79. The topological polar surface area (TPSA) is 147 Å². The molecule has 4 rings (SSSR count). The number of aliphatic hydroxyl groups excluding tert-OH is 1. The molecule has 0 spiro atoms. The summed E-state index contributed by atoms with van der Waals surface area (Å²) in [5.74, 6) is -0.388. The summed E-state index contributed by atoms with van der Waals surface area (Å²) in [6, 6.07) is 0. The number of aliphatic carboxylic acids is 1. The molecular weight excluding hydrogens is 442 g/mol. The number of rotatable bonds is 5. The first-order chi connectivity index (χ1) is 16.0. The number of nitrogens with one attached hydrogen (secondary N) is 1. The van der Waals surface area contributed by atoms with Gasteiger partial charge in [-0.15, -0.1) is 0 Å². The standard InChI is InChI=1S/C24H33NO7.CH2O/c1-23-9-7-14(32-22(31)25-19(28)5-6-20(29)30)11-13(23)12-17(26)21-15-3-4-18(27)24(15,2)10-8-16(21)23;1-2/h12,14-16,19,21,28H,3-11H2,1-2H3,(H,25,31)(H,29,30);1H2/t14-,15?,16?,19?,21?,23-,24-;/m0./s1. The third-order valence-corrected chi connectivity index (χ3v) is 8.80. The van der Waals surface area contributed by atoms with Crippen molar-refractivity contribution < 1.29 is 38.9 Å². The molecule has 188 valence electrons. The Balaban J connectivity index is 0.00000158. The number of carbonyl (C=O) groups is 5. The number of amides is 1. The number of aliphatic hydroxyl groups is 1. The summed E-state index contributed by atoms with van der Waals surface area (Å²) in [6.07, 6.45) is 3.95. The highest BCUT2D eigenvalue weighted by Crippen LogP contribution is 2.63. The second-order valence-corrected chi connectivity index (χ2v) is 10.5. The van der Waals surface area contributed by atoms with E-state index < -0.39 is 24.4 Å². The Hall–Kier alpha value is -2.55. The number of hydrogen-bond donors (Lipinski definition) is 3. The van der Waals surface area contributed by atoms with Gasteiger partial charge in [0.15, 0.2) is 5.78 Å². The maximum atomic E-state index is 13.2. The summed E-state index contributed by atoms with van der Waals surface area (Å²) >= 11 is 0. The normalized spacial score (nSPS) is 37.1. The zero-order valence-electron chi connectivity index (χ0n) is 19.9. The van der Waals surface area contributed by atoms with Crippen molar-refractivity contribution in [3.63, 3.8) is 0 Å². The van der Waals surface area contributed by atoms with Crippen LogP contribution in [0.3, 0.4) is 0 Å². The van der Waals surface area contributed by atoms with E-state index in [1.807, 2.05) is 13.7 Å². The SMILES string of the molecule is C=O.C[C@]12CC[C@H](OC(=O)NC(O)CCC(=O)O)CC1=CC(=O)C1C2CC[C@]2(C)C(=O)CCC12. The average molecular weight is 478 g/mol. The number of allylic oxidation sites excluding steroid dienone is 1. The number of hydrogen-bond acceptors (Lipinski definition) is 7. The van der Waals surface area contributed by atoms with Gasteiger partial charge in [0.1, 0.15) is 24.9 Å². The van der Waals surface area contributed by atoms with E-state index in [2.05, 4.69) is 12.2 Å². The minimum Gasteiger partial charge on any atom is -0.481 e. The average Bonchev–Trinajstić information content (AvgIpc) is 3.09. The van der Waals surface area contributed by atoms with Crippen LogP contribution in [0.1, 0.15) is 71.6 Å². The molecule has 3 saturated carbocycles. The van der Waals surface area contributed by atoms with Gasteiger partial charge in [-0.25, -0.2) is 4.79 Å². The summed E-state index contributed by atoms with van der Waals surface area (Å²) in [7, 11) is 0. The highest BCUT2D eigenvalue weighted by Gasteiger charge is 2.61. The van der Waals surface area contributed by atoms with Crippen LogP contribution in [0.5, 0.6) is 0 Å². The minimum atomic E-state index is -1.28. The maximum absolute atomic E-state index is 13.2. The lowest BCUT2D eigenvalue weighted by Gasteiger charge is -2.55. The molecular formula is C25H35NO8. The van der Waals surface area contributed by atoms with Gasteiger partial charge < -0.3 is 19.7 Å². The molecule has 0 aliphatic heterocycles. The molecule has 7 atom stereocenters. The molecule has 34 heavy (non-hydrogen) atoms. The second kappa shape index (κ2) is 9.98. The van der Waals surface area contributed by atoms with Gasteiger partial charge >= 0.3 is 12.1 Å². The van der Waals surface area contributed by atoms with Crippen LogP contribution in [0, 0.1) is 28.6 Å². The van der Waals surface area contributed by atoms with Crippen molar-refractivity contribution in [1.82, 2.24) is 5.32 Å². The molecule has 0 aromatic rings. The number of ketones is 2. The van der Waals surface area contributed by atoms with Crippen LogP contribution in [-0.4, -0.2) is 53.0 Å². The van der Waals surface area contributed by atoms with Gasteiger partial charge in [-0.1, -0.05) is 19.4 Å². The monoisotopic (exact) mass is 477 g/mol. The molecule has 9 heteroatoms. The van der Waals surface area contributed by atoms with Gasteiger partial charge in [0.05, 0.1) is 0 Å². The number of carbonyl (C=O) groups excluding carboxylic acids is 4. The molecule has 0 radical (unpaired) electrons. The number of Topliss-reactive ketones (excluding diaryl/α,β-unsaturated/α-hetero) is 1. The van der Waals surface area contributed by atoms with Crippen molar-refractivity contribution in [3.8, 4) is 0 Å². The Bertz CT molecular complexity index is 884. The van der Waals surface area contributed by atoms with E-state index in [4.69, 9.17) is 14.6 Å². The molecule has 3 fully saturated rings. The van der Waals surface area contributed by atoms with Crippen LogP contribution in [0.2, 0.25) is 0 Å². The van der Waals surface area contributed by atoms with Gasteiger partial charge in [0, 0.05) is 37.0 Å². The zero-order chi connectivity index (χ0) is 25.3. The largest absolute Gasteiger partial charge is 0.481 e. The van der Waals surface area contributed by atoms with Gasteiger partial charge in [-0.3, -0.25) is 19.7 Å². The van der Waals surface area contributed by atoms with E-state index >= 15 is 0 Å². The van der Waals surface area contributed by atoms with Crippen molar-refractivity contribution in [2.75, 3.05) is 0 Å². The molecule has 0 saturated heterocycles. The minimum absolute atomic E-state index is 0.0981. The molecule has 9 nitrogen and oxygen atoms in total. The molecule has 0 heterocycles. The number of ether oxygens (including phenoxy) is 1. The summed E-state index contributed by atoms with van der Waals surface area (Å²) in [5, 5.41) is 20.7. The van der Waals surface area contributed by atoms with Crippen LogP contribution in [0.4, 0.5) is 4.79 Å². The van der Waals surface area contributed by atoms with Crippen LogP contribution < -0.4 is 5.32 Å². The summed E-state index contributed by atoms with van der Waals surface area (Å²) in [4.78, 5) is 56.5. The molecule has 1 amide bonds. The summed E-state index contributed by atoms with van der Waals surface area (Å²) in [6.45, 7) is 6.26. The predicted molar refractivity (Wildman–Crippen MR) is 121 cm³/mol. The molecule has 3 N–H and O–H groups in total. The fourth-order valence-electron chi connectivity index (χ4n) is 6.90. The van der Waals surface area contributed by atoms with Crippen LogP contribution >= 0.6 is 0 Å². The van der Waals surface area contributed by atoms with E-state index in [-0.39, 0.29) is 47.2 Å². The third kappa shape index (κ3) is 4.67.